The molecule has 0 aromatic heterocycles. The number of benzene rings is 2. The van der Waals surface area contributed by atoms with E-state index >= 15 is 0 Å². The van der Waals surface area contributed by atoms with E-state index < -0.39 is 11.6 Å². The van der Waals surface area contributed by atoms with E-state index in [9.17, 15) is 14.7 Å². The van der Waals surface area contributed by atoms with Gasteiger partial charge in [-0.1, -0.05) is 85.2 Å². The van der Waals surface area contributed by atoms with Gasteiger partial charge in [0.25, 0.3) is 0 Å². The van der Waals surface area contributed by atoms with E-state index in [0.717, 1.165) is 24.0 Å². The summed E-state index contributed by atoms with van der Waals surface area (Å²) in [7, 11) is 0. The molecule has 0 atom stereocenters. The number of phenols is 1. The predicted molar refractivity (Wildman–Crippen MR) is 119 cm³/mol. The fraction of sp³-hybridized carbons (Fsp3) is 0.462. The second-order valence-corrected chi connectivity index (χ2v) is 9.80. The Kier molecular flexibility index (Phi) is 6.72. The molecule has 0 bridgehead atoms. The van der Waals surface area contributed by atoms with Gasteiger partial charge in [-0.2, -0.15) is 0 Å². The minimum atomic E-state index is -0.506. The van der Waals surface area contributed by atoms with E-state index in [-0.39, 0.29) is 16.6 Å². The molecule has 1 N–H and O–H groups in total. The van der Waals surface area contributed by atoms with Crippen LogP contribution in [0.15, 0.2) is 36.4 Å². The first-order valence-corrected chi connectivity index (χ1v) is 10.4. The lowest BCUT2D eigenvalue weighted by atomic mass is 9.74. The highest BCUT2D eigenvalue weighted by Gasteiger charge is 2.33. The minimum absolute atomic E-state index is 0.250. The number of aromatic hydroxyl groups is 1. The van der Waals surface area contributed by atoms with Gasteiger partial charge in [0, 0.05) is 22.3 Å². The molecule has 0 amide bonds. The summed E-state index contributed by atoms with van der Waals surface area (Å²) in [4.78, 5) is 26.3. The number of carbonyl (C=O) groups is 2. The smallest absolute Gasteiger partial charge is 0.233 e. The first kappa shape index (κ1) is 22.9. The van der Waals surface area contributed by atoms with Gasteiger partial charge >= 0.3 is 0 Å². The second kappa shape index (κ2) is 8.52. The van der Waals surface area contributed by atoms with Crippen LogP contribution >= 0.6 is 0 Å². The zero-order valence-electron chi connectivity index (χ0n) is 18.8. The van der Waals surface area contributed by atoms with Gasteiger partial charge in [-0.25, -0.2) is 0 Å². The van der Waals surface area contributed by atoms with E-state index in [1.807, 2.05) is 47.6 Å². The molecule has 2 aromatic carbocycles. The summed E-state index contributed by atoms with van der Waals surface area (Å²) in [5.41, 5.74) is 2.38. The SMILES string of the molecule is CCCCc1c(C(=O)C(=O)c2ccccc2)cc(C(C)(C)C)c(O)c1C(C)(C)C. The monoisotopic (exact) mass is 394 g/mol. The van der Waals surface area contributed by atoms with Crippen LogP contribution in [-0.2, 0) is 17.3 Å². The third kappa shape index (κ3) is 4.95. The van der Waals surface area contributed by atoms with Crippen molar-refractivity contribution in [1.82, 2.24) is 0 Å². The van der Waals surface area contributed by atoms with Crippen molar-refractivity contribution in [3.8, 4) is 5.75 Å². The summed E-state index contributed by atoms with van der Waals surface area (Å²) in [6.07, 6.45) is 2.51. The molecule has 0 fully saturated rings. The van der Waals surface area contributed by atoms with Crippen LogP contribution in [0, 0.1) is 0 Å². The van der Waals surface area contributed by atoms with Crippen LogP contribution in [0.4, 0.5) is 0 Å². The summed E-state index contributed by atoms with van der Waals surface area (Å²) >= 11 is 0. The second-order valence-electron chi connectivity index (χ2n) is 9.80. The van der Waals surface area contributed by atoms with Gasteiger partial charge in [-0.3, -0.25) is 9.59 Å². The van der Waals surface area contributed by atoms with Crippen molar-refractivity contribution in [3.05, 3.63) is 64.2 Å². The van der Waals surface area contributed by atoms with Crippen LogP contribution in [0.2, 0.25) is 0 Å². The standard InChI is InChI=1S/C26H34O3/c1-8-9-15-18-19(23(28)22(27)17-13-11-10-12-14-17)16-20(25(2,3)4)24(29)21(18)26(5,6)7/h10-14,16,29H,8-9,15H2,1-7H3. The highest BCUT2D eigenvalue weighted by molar-refractivity contribution is 6.49. The van der Waals surface area contributed by atoms with E-state index in [4.69, 9.17) is 0 Å². The van der Waals surface area contributed by atoms with Gasteiger partial charge in [-0.15, -0.1) is 0 Å². The summed E-state index contributed by atoms with van der Waals surface area (Å²) in [6, 6.07) is 10.4. The van der Waals surface area contributed by atoms with Crippen LogP contribution in [0.25, 0.3) is 0 Å². The van der Waals surface area contributed by atoms with Crippen LogP contribution in [0.1, 0.15) is 98.7 Å². The average molecular weight is 395 g/mol. The van der Waals surface area contributed by atoms with E-state index in [1.165, 1.54) is 0 Å². The Balaban J connectivity index is 2.80. The van der Waals surface area contributed by atoms with Gasteiger partial charge in [0.1, 0.15) is 5.75 Å². The topological polar surface area (TPSA) is 54.4 Å². The maximum atomic E-state index is 13.4. The Bertz CT molecular complexity index is 894. The third-order valence-corrected chi connectivity index (χ3v) is 5.23. The number of unbranched alkanes of at least 4 members (excludes halogenated alkanes) is 1. The molecule has 0 aliphatic carbocycles. The lowest BCUT2D eigenvalue weighted by molar-refractivity contribution is 0.0816. The van der Waals surface area contributed by atoms with E-state index in [1.54, 1.807) is 30.3 Å². The van der Waals surface area contributed by atoms with Crippen molar-refractivity contribution in [2.75, 3.05) is 0 Å². The summed E-state index contributed by atoms with van der Waals surface area (Å²) in [5, 5.41) is 11.2. The molecule has 0 aliphatic heterocycles. The average Bonchev–Trinajstić information content (AvgIpc) is 2.63. The molecule has 0 radical (unpaired) electrons. The molecular formula is C26H34O3. The Morgan fingerprint density at radius 1 is 0.897 bits per heavy atom. The number of ketones is 2. The van der Waals surface area contributed by atoms with Crippen molar-refractivity contribution in [2.24, 2.45) is 0 Å². The number of Topliss-reactive ketones (excluding diaryl/α,β-unsaturated/α-hetero) is 2. The van der Waals surface area contributed by atoms with Crippen LogP contribution < -0.4 is 0 Å². The molecule has 0 saturated carbocycles. The normalized spacial score (nSPS) is 12.1. The molecule has 0 spiro atoms. The lowest BCUT2D eigenvalue weighted by Crippen LogP contribution is -2.24. The van der Waals surface area contributed by atoms with Crippen LogP contribution in [0.3, 0.4) is 0 Å². The Morgan fingerprint density at radius 3 is 1.97 bits per heavy atom. The van der Waals surface area contributed by atoms with Gasteiger partial charge in [-0.05, 0) is 35.3 Å². The largest absolute Gasteiger partial charge is 0.507 e. The Hall–Kier alpha value is -2.42. The fourth-order valence-corrected chi connectivity index (χ4v) is 3.75. The van der Waals surface area contributed by atoms with Gasteiger partial charge < -0.3 is 5.11 Å². The van der Waals surface area contributed by atoms with Crippen LogP contribution in [0.5, 0.6) is 5.75 Å². The fourth-order valence-electron chi connectivity index (χ4n) is 3.75. The molecule has 0 heterocycles. The lowest BCUT2D eigenvalue weighted by Gasteiger charge is -2.31. The molecule has 2 rings (SSSR count). The molecule has 2 aromatic rings. The van der Waals surface area contributed by atoms with Crippen molar-refractivity contribution in [1.29, 1.82) is 0 Å². The predicted octanol–water partition coefficient (Wildman–Crippen LogP) is 6.40. The molecule has 29 heavy (non-hydrogen) atoms. The molecular weight excluding hydrogens is 360 g/mol. The Labute approximate surface area is 175 Å². The van der Waals surface area contributed by atoms with E-state index in [2.05, 4.69) is 6.92 Å². The van der Waals surface area contributed by atoms with Crippen molar-refractivity contribution >= 4 is 11.6 Å². The third-order valence-electron chi connectivity index (χ3n) is 5.23. The van der Waals surface area contributed by atoms with Gasteiger partial charge in [0.2, 0.25) is 11.6 Å². The molecule has 0 saturated heterocycles. The highest BCUT2D eigenvalue weighted by Crippen LogP contribution is 2.43. The Morgan fingerprint density at radius 2 is 1.48 bits per heavy atom. The highest BCUT2D eigenvalue weighted by atomic mass is 16.3. The molecule has 0 aliphatic rings. The van der Waals surface area contributed by atoms with Gasteiger partial charge in [0.15, 0.2) is 0 Å². The number of carbonyl (C=O) groups excluding carboxylic acids is 2. The number of hydrogen-bond donors (Lipinski definition) is 1. The number of hydrogen-bond acceptors (Lipinski definition) is 3. The zero-order chi connectivity index (χ0) is 22.0. The molecule has 156 valence electrons. The summed E-state index contributed by atoms with van der Waals surface area (Å²) < 4.78 is 0. The molecule has 0 unspecified atom stereocenters. The number of rotatable bonds is 6. The maximum absolute atomic E-state index is 13.4. The number of phenolic OH excluding ortho intramolecular Hbond substituents is 1. The summed E-state index contributed by atoms with van der Waals surface area (Å²) in [6.45, 7) is 14.2. The maximum Gasteiger partial charge on any atom is 0.233 e. The van der Waals surface area contributed by atoms with Gasteiger partial charge in [0.05, 0.1) is 0 Å². The van der Waals surface area contributed by atoms with Crippen molar-refractivity contribution in [3.63, 3.8) is 0 Å². The first-order chi connectivity index (χ1) is 13.4. The van der Waals surface area contributed by atoms with E-state index in [0.29, 0.717) is 23.1 Å². The molecule has 3 nitrogen and oxygen atoms in total. The first-order valence-electron chi connectivity index (χ1n) is 10.4. The quantitative estimate of drug-likeness (QED) is 0.456. The zero-order valence-corrected chi connectivity index (χ0v) is 18.8. The summed E-state index contributed by atoms with van der Waals surface area (Å²) in [5.74, 6) is -0.758. The van der Waals surface area contributed by atoms with Crippen molar-refractivity contribution < 1.29 is 14.7 Å². The van der Waals surface area contributed by atoms with Crippen molar-refractivity contribution in [2.45, 2.75) is 78.6 Å². The van der Waals surface area contributed by atoms with Crippen LogP contribution in [-0.4, -0.2) is 16.7 Å². The molecule has 3 heteroatoms. The minimum Gasteiger partial charge on any atom is -0.507 e.